The van der Waals surface area contributed by atoms with Gasteiger partial charge in [-0.05, 0) is 32.8 Å². The highest BCUT2D eigenvalue weighted by Crippen LogP contribution is 2.20. The van der Waals surface area contributed by atoms with Gasteiger partial charge in [-0.25, -0.2) is 0 Å². The Balaban J connectivity index is 1.91. The third-order valence-electron chi connectivity index (χ3n) is 3.40. The minimum atomic E-state index is 0.223. The Bertz CT molecular complexity index is 329. The summed E-state index contributed by atoms with van der Waals surface area (Å²) >= 11 is 0. The van der Waals surface area contributed by atoms with Crippen LogP contribution in [0.1, 0.15) is 32.4 Å². The van der Waals surface area contributed by atoms with Gasteiger partial charge >= 0.3 is 0 Å². The summed E-state index contributed by atoms with van der Waals surface area (Å²) in [6, 6.07) is 2.08. The van der Waals surface area contributed by atoms with Crippen LogP contribution in [0.3, 0.4) is 0 Å². The molecule has 1 saturated heterocycles. The smallest absolute Gasteiger partial charge is 0.0522 e. The third kappa shape index (κ3) is 2.62. The summed E-state index contributed by atoms with van der Waals surface area (Å²) in [6.07, 6.45) is 4.05. The molecule has 0 aromatic carbocycles. The Kier molecular flexibility index (Phi) is 3.61. The number of rotatable bonds is 4. The molecule has 0 bridgehead atoms. The first-order chi connectivity index (χ1) is 7.73. The van der Waals surface area contributed by atoms with Crippen molar-refractivity contribution >= 4 is 0 Å². The van der Waals surface area contributed by atoms with Crippen molar-refractivity contribution in [2.45, 2.75) is 45.3 Å². The van der Waals surface area contributed by atoms with Crippen LogP contribution >= 0.6 is 0 Å². The summed E-state index contributed by atoms with van der Waals surface area (Å²) in [7, 11) is 0. The Labute approximate surface area is 97.0 Å². The molecule has 0 spiro atoms. The van der Waals surface area contributed by atoms with Gasteiger partial charge in [-0.15, -0.1) is 0 Å². The van der Waals surface area contributed by atoms with Crippen LogP contribution in [0.4, 0.5) is 0 Å². The number of hydrogen-bond donors (Lipinski definition) is 1. The first-order valence-corrected chi connectivity index (χ1v) is 6.07. The van der Waals surface area contributed by atoms with Gasteiger partial charge in [0, 0.05) is 38.0 Å². The Hall–Kier alpha value is -0.870. The van der Waals surface area contributed by atoms with Gasteiger partial charge in [0.15, 0.2) is 0 Å². The first-order valence-electron chi connectivity index (χ1n) is 6.07. The summed E-state index contributed by atoms with van der Waals surface area (Å²) in [4.78, 5) is 0. The molecule has 4 heteroatoms. The van der Waals surface area contributed by atoms with Gasteiger partial charge in [0.05, 0.1) is 5.69 Å². The van der Waals surface area contributed by atoms with Gasteiger partial charge < -0.3 is 10.1 Å². The van der Waals surface area contributed by atoms with E-state index in [0.29, 0.717) is 0 Å². The van der Waals surface area contributed by atoms with Crippen LogP contribution in [0.25, 0.3) is 0 Å². The molecule has 1 aliphatic heterocycles. The van der Waals surface area contributed by atoms with Crippen molar-refractivity contribution in [2.24, 2.45) is 0 Å². The summed E-state index contributed by atoms with van der Waals surface area (Å²) in [5.41, 5.74) is 1.48. The topological polar surface area (TPSA) is 39.1 Å². The van der Waals surface area contributed by atoms with E-state index in [1.54, 1.807) is 0 Å². The molecule has 0 aliphatic carbocycles. The lowest BCUT2D eigenvalue weighted by Crippen LogP contribution is -2.46. The molecule has 1 aromatic rings. The van der Waals surface area contributed by atoms with Crippen LogP contribution in [0.5, 0.6) is 0 Å². The predicted molar refractivity (Wildman–Crippen MR) is 63.2 cm³/mol. The van der Waals surface area contributed by atoms with Crippen molar-refractivity contribution in [2.75, 3.05) is 13.2 Å². The van der Waals surface area contributed by atoms with Crippen LogP contribution in [-0.4, -0.2) is 28.5 Å². The molecule has 16 heavy (non-hydrogen) atoms. The summed E-state index contributed by atoms with van der Waals surface area (Å²) in [5, 5.41) is 7.91. The highest BCUT2D eigenvalue weighted by molar-refractivity contribution is 5.01. The molecule has 1 aliphatic rings. The highest BCUT2D eigenvalue weighted by atomic mass is 16.5. The fourth-order valence-corrected chi connectivity index (χ4v) is 2.10. The summed E-state index contributed by atoms with van der Waals surface area (Å²) in [6.45, 7) is 7.97. The lowest BCUT2D eigenvalue weighted by atomic mass is 9.92. The quantitative estimate of drug-likeness (QED) is 0.842. The molecule has 2 rings (SSSR count). The van der Waals surface area contributed by atoms with E-state index in [1.807, 2.05) is 10.9 Å². The maximum Gasteiger partial charge on any atom is 0.0522 e. The minimum Gasteiger partial charge on any atom is -0.381 e. The molecule has 1 aromatic heterocycles. The van der Waals surface area contributed by atoms with E-state index in [4.69, 9.17) is 4.74 Å². The predicted octanol–water partition coefficient (Wildman–Crippen LogP) is 1.56. The SMILES string of the molecule is CCn1nccc1CNC1(C)CCOCC1. The lowest BCUT2D eigenvalue weighted by Gasteiger charge is -2.34. The molecule has 0 unspecified atom stereocenters. The Morgan fingerprint density at radius 3 is 2.94 bits per heavy atom. The minimum absolute atomic E-state index is 0.223. The summed E-state index contributed by atoms with van der Waals surface area (Å²) < 4.78 is 7.43. The molecule has 0 radical (unpaired) electrons. The largest absolute Gasteiger partial charge is 0.381 e. The van der Waals surface area contributed by atoms with Crippen molar-refractivity contribution in [3.63, 3.8) is 0 Å². The molecule has 1 N–H and O–H groups in total. The average molecular weight is 223 g/mol. The number of aromatic nitrogens is 2. The van der Waals surface area contributed by atoms with Gasteiger partial charge in [-0.3, -0.25) is 4.68 Å². The van der Waals surface area contributed by atoms with Gasteiger partial charge in [0.25, 0.3) is 0 Å². The van der Waals surface area contributed by atoms with E-state index in [2.05, 4.69) is 30.3 Å². The van der Waals surface area contributed by atoms with Gasteiger partial charge in [0.2, 0.25) is 0 Å². The van der Waals surface area contributed by atoms with E-state index in [-0.39, 0.29) is 5.54 Å². The molecular formula is C12H21N3O. The number of nitrogens with one attached hydrogen (secondary N) is 1. The molecule has 2 heterocycles. The fraction of sp³-hybridized carbons (Fsp3) is 0.750. The van der Waals surface area contributed by atoms with Crippen LogP contribution in [0, 0.1) is 0 Å². The van der Waals surface area contributed by atoms with Gasteiger partial charge in [0.1, 0.15) is 0 Å². The number of hydrogen-bond acceptors (Lipinski definition) is 3. The normalized spacial score (nSPS) is 19.9. The number of nitrogens with zero attached hydrogens (tertiary/aromatic N) is 2. The molecule has 90 valence electrons. The van der Waals surface area contributed by atoms with Crippen molar-refractivity contribution in [1.29, 1.82) is 0 Å². The van der Waals surface area contributed by atoms with Crippen molar-refractivity contribution in [3.8, 4) is 0 Å². The van der Waals surface area contributed by atoms with E-state index in [1.165, 1.54) is 5.69 Å². The average Bonchev–Trinajstić information content (AvgIpc) is 2.75. The monoisotopic (exact) mass is 223 g/mol. The molecular weight excluding hydrogens is 202 g/mol. The van der Waals surface area contributed by atoms with Crippen molar-refractivity contribution in [1.82, 2.24) is 15.1 Å². The first kappa shape index (κ1) is 11.6. The zero-order chi connectivity index (χ0) is 11.4. The molecule has 4 nitrogen and oxygen atoms in total. The summed E-state index contributed by atoms with van der Waals surface area (Å²) in [5.74, 6) is 0. The molecule has 0 amide bonds. The van der Waals surface area contributed by atoms with Crippen molar-refractivity contribution in [3.05, 3.63) is 18.0 Å². The third-order valence-corrected chi connectivity index (χ3v) is 3.40. The molecule has 1 fully saturated rings. The highest BCUT2D eigenvalue weighted by Gasteiger charge is 2.26. The van der Waals surface area contributed by atoms with Gasteiger partial charge in [-0.1, -0.05) is 0 Å². The fourth-order valence-electron chi connectivity index (χ4n) is 2.10. The van der Waals surface area contributed by atoms with E-state index < -0.39 is 0 Å². The molecule has 0 atom stereocenters. The zero-order valence-corrected chi connectivity index (χ0v) is 10.2. The second kappa shape index (κ2) is 4.97. The van der Waals surface area contributed by atoms with E-state index in [9.17, 15) is 0 Å². The maximum atomic E-state index is 5.39. The maximum absolute atomic E-state index is 5.39. The van der Waals surface area contributed by atoms with Crippen molar-refractivity contribution < 1.29 is 4.74 Å². The molecule has 0 saturated carbocycles. The van der Waals surface area contributed by atoms with E-state index in [0.717, 1.165) is 39.1 Å². The van der Waals surface area contributed by atoms with Crippen LogP contribution in [0.15, 0.2) is 12.3 Å². The Morgan fingerprint density at radius 1 is 1.50 bits per heavy atom. The second-order valence-corrected chi connectivity index (χ2v) is 4.66. The van der Waals surface area contributed by atoms with Crippen LogP contribution in [0.2, 0.25) is 0 Å². The van der Waals surface area contributed by atoms with Gasteiger partial charge in [-0.2, -0.15) is 5.10 Å². The number of ether oxygens (including phenoxy) is 1. The van der Waals surface area contributed by atoms with E-state index >= 15 is 0 Å². The standard InChI is InChI=1S/C12H21N3O/c1-3-15-11(4-7-14-15)10-13-12(2)5-8-16-9-6-12/h4,7,13H,3,5-6,8-10H2,1-2H3. The van der Waals surface area contributed by atoms with Crippen LogP contribution < -0.4 is 5.32 Å². The second-order valence-electron chi connectivity index (χ2n) is 4.66. The lowest BCUT2D eigenvalue weighted by molar-refractivity contribution is 0.0443. The van der Waals surface area contributed by atoms with Crippen LogP contribution in [-0.2, 0) is 17.8 Å². The number of aryl methyl sites for hydroxylation is 1. The zero-order valence-electron chi connectivity index (χ0n) is 10.2. The Morgan fingerprint density at radius 2 is 2.25 bits per heavy atom.